The molecule has 4 aromatic rings. The maximum atomic E-state index is 11.9. The van der Waals surface area contributed by atoms with E-state index in [9.17, 15) is 14.7 Å². The van der Waals surface area contributed by atoms with Crippen molar-refractivity contribution in [2.45, 2.75) is 0 Å². The van der Waals surface area contributed by atoms with Crippen LogP contribution in [-0.4, -0.2) is 23.3 Å². The average Bonchev–Trinajstić information content (AvgIpc) is 2.79. The maximum Gasteiger partial charge on any atom is 0.328 e. The van der Waals surface area contributed by atoms with Gasteiger partial charge in [0.25, 0.3) is 0 Å². The van der Waals surface area contributed by atoms with Gasteiger partial charge in [-0.15, -0.1) is 0 Å². The third kappa shape index (κ3) is 5.61. The topological polar surface area (TPSA) is 97.0 Å². The van der Waals surface area contributed by atoms with Crippen LogP contribution in [0.2, 0.25) is 0 Å². The number of benzene rings is 3. The number of aliphatic carboxylic acids is 1. The summed E-state index contributed by atoms with van der Waals surface area (Å²) in [6, 6.07) is 23.0. The summed E-state index contributed by atoms with van der Waals surface area (Å²) in [5, 5.41) is 18.3. The van der Waals surface area contributed by atoms with Crippen LogP contribution < -0.4 is 10.2 Å². The number of aromatic hydroxyl groups is 1. The van der Waals surface area contributed by atoms with Gasteiger partial charge in [0.2, 0.25) is 0 Å². The largest absolute Gasteiger partial charge is 0.504 e. The standard InChI is InChI=1S/C15H10O2.C10H10O4/c16-13-10-15(11-6-2-1-3-7-11)17-14-9-5-4-8-12(13)14;1-14-9-6-7(2-4-8(9)11)3-5-10(12)13/h1-10H;2-6,11H,1H3,(H,12,13)/b;5-3+. The van der Waals surface area contributed by atoms with Gasteiger partial charge in [-0.2, -0.15) is 0 Å². The van der Waals surface area contributed by atoms with Crippen molar-refractivity contribution >= 4 is 23.0 Å². The molecule has 1 aromatic heterocycles. The van der Waals surface area contributed by atoms with Crippen molar-refractivity contribution in [2.75, 3.05) is 7.11 Å². The molecule has 0 atom stereocenters. The normalized spacial score (nSPS) is 10.5. The van der Waals surface area contributed by atoms with Crippen molar-refractivity contribution in [1.29, 1.82) is 0 Å². The van der Waals surface area contributed by atoms with Crippen molar-refractivity contribution in [3.8, 4) is 22.8 Å². The van der Waals surface area contributed by atoms with Gasteiger partial charge in [-0.25, -0.2) is 4.79 Å². The Hall–Kier alpha value is -4.32. The van der Waals surface area contributed by atoms with E-state index in [2.05, 4.69) is 0 Å². The molecule has 2 N–H and O–H groups in total. The van der Waals surface area contributed by atoms with Crippen LogP contribution in [0.3, 0.4) is 0 Å². The first-order chi connectivity index (χ1) is 15.0. The van der Waals surface area contributed by atoms with Crippen molar-refractivity contribution in [2.24, 2.45) is 0 Å². The number of carboxylic acids is 1. The molecule has 0 radical (unpaired) electrons. The lowest BCUT2D eigenvalue weighted by Crippen LogP contribution is -1.99. The number of hydrogen-bond acceptors (Lipinski definition) is 5. The maximum absolute atomic E-state index is 11.9. The molecule has 6 heteroatoms. The van der Waals surface area contributed by atoms with Crippen molar-refractivity contribution in [3.63, 3.8) is 0 Å². The number of rotatable bonds is 4. The van der Waals surface area contributed by atoms with Crippen molar-refractivity contribution in [3.05, 3.63) is 101 Å². The summed E-state index contributed by atoms with van der Waals surface area (Å²) in [4.78, 5) is 22.1. The zero-order valence-electron chi connectivity index (χ0n) is 16.7. The minimum absolute atomic E-state index is 0.00861. The molecule has 31 heavy (non-hydrogen) atoms. The van der Waals surface area contributed by atoms with Gasteiger partial charge in [0.05, 0.1) is 12.5 Å². The second kappa shape index (κ2) is 9.93. The quantitative estimate of drug-likeness (QED) is 0.457. The molecular weight excluding hydrogens is 396 g/mol. The van der Waals surface area contributed by atoms with Crippen LogP contribution >= 0.6 is 0 Å². The smallest absolute Gasteiger partial charge is 0.328 e. The minimum Gasteiger partial charge on any atom is -0.504 e. The first-order valence-corrected chi connectivity index (χ1v) is 9.34. The number of carbonyl (C=O) groups is 1. The Balaban J connectivity index is 0.000000180. The molecule has 3 aromatic carbocycles. The van der Waals surface area contributed by atoms with E-state index in [1.54, 1.807) is 18.2 Å². The second-order valence-electron chi connectivity index (χ2n) is 6.44. The summed E-state index contributed by atoms with van der Waals surface area (Å²) in [7, 11) is 1.43. The Morgan fingerprint density at radius 1 is 0.968 bits per heavy atom. The van der Waals surface area contributed by atoms with Crippen molar-refractivity contribution < 1.29 is 24.2 Å². The Morgan fingerprint density at radius 2 is 1.68 bits per heavy atom. The van der Waals surface area contributed by atoms with Gasteiger partial charge in [0, 0.05) is 17.7 Å². The third-order valence-corrected chi connectivity index (χ3v) is 4.32. The van der Waals surface area contributed by atoms with E-state index in [0.717, 1.165) is 11.6 Å². The summed E-state index contributed by atoms with van der Waals surface area (Å²) in [5.74, 6) is -0.0659. The summed E-state index contributed by atoms with van der Waals surface area (Å²) < 4.78 is 10.6. The van der Waals surface area contributed by atoms with Gasteiger partial charge < -0.3 is 19.4 Å². The lowest BCUT2D eigenvalue weighted by atomic mass is 10.1. The predicted octanol–water partition coefficient (Wildman–Crippen LogP) is 4.96. The SMILES string of the molecule is COc1cc(/C=C/C(=O)O)ccc1O.O=c1cc(-c2ccccc2)oc2ccccc12. The highest BCUT2D eigenvalue weighted by atomic mass is 16.5. The van der Waals surface area contributed by atoms with E-state index >= 15 is 0 Å². The molecule has 0 bridgehead atoms. The number of phenolic OH excluding ortho intramolecular Hbond substituents is 1. The fourth-order valence-corrected chi connectivity index (χ4v) is 2.81. The number of ether oxygens (including phenoxy) is 1. The van der Waals surface area contributed by atoms with Gasteiger partial charge in [-0.3, -0.25) is 4.79 Å². The van der Waals surface area contributed by atoms with E-state index < -0.39 is 5.97 Å². The van der Waals surface area contributed by atoms with Gasteiger partial charge in [-0.05, 0) is 35.9 Å². The fourth-order valence-electron chi connectivity index (χ4n) is 2.81. The Labute approximate surface area is 178 Å². The molecule has 0 aliphatic carbocycles. The first-order valence-electron chi connectivity index (χ1n) is 9.34. The van der Waals surface area contributed by atoms with Gasteiger partial charge in [-0.1, -0.05) is 48.5 Å². The number of methoxy groups -OCH3 is 1. The van der Waals surface area contributed by atoms with Crippen LogP contribution in [0.25, 0.3) is 28.4 Å². The predicted molar refractivity (Wildman–Crippen MR) is 119 cm³/mol. The molecule has 0 aliphatic heterocycles. The number of carboxylic acid groups (broad SMARTS) is 1. The third-order valence-electron chi connectivity index (χ3n) is 4.32. The number of para-hydroxylation sites is 1. The second-order valence-corrected chi connectivity index (χ2v) is 6.44. The summed E-state index contributed by atoms with van der Waals surface area (Å²) >= 11 is 0. The Bertz CT molecular complexity index is 1270. The molecule has 6 nitrogen and oxygen atoms in total. The number of fused-ring (bicyclic) bond motifs is 1. The van der Waals surface area contributed by atoms with Crippen LogP contribution in [0.4, 0.5) is 0 Å². The average molecular weight is 416 g/mol. The highest BCUT2D eigenvalue weighted by Gasteiger charge is 2.05. The molecule has 4 rings (SSSR count). The molecular formula is C25H20O6. The summed E-state index contributed by atoms with van der Waals surface area (Å²) in [6.45, 7) is 0. The van der Waals surface area contributed by atoms with Gasteiger partial charge >= 0.3 is 5.97 Å². The van der Waals surface area contributed by atoms with Gasteiger partial charge in [0.1, 0.15) is 11.3 Å². The summed E-state index contributed by atoms with van der Waals surface area (Å²) in [5.41, 5.74) is 2.18. The summed E-state index contributed by atoms with van der Waals surface area (Å²) in [6.07, 6.45) is 2.44. The first kappa shape index (κ1) is 21.4. The van der Waals surface area contributed by atoms with E-state index in [1.165, 1.54) is 25.3 Å². The van der Waals surface area contributed by atoms with E-state index in [4.69, 9.17) is 14.3 Å². The van der Waals surface area contributed by atoms with E-state index in [-0.39, 0.29) is 11.2 Å². The lowest BCUT2D eigenvalue weighted by molar-refractivity contribution is -0.131. The molecule has 0 saturated carbocycles. The highest BCUT2D eigenvalue weighted by molar-refractivity contribution is 5.85. The fraction of sp³-hybridized carbons (Fsp3) is 0.0400. The monoisotopic (exact) mass is 416 g/mol. The van der Waals surface area contributed by atoms with Crippen LogP contribution in [-0.2, 0) is 4.79 Å². The van der Waals surface area contributed by atoms with Crippen LogP contribution in [0.15, 0.2) is 94.2 Å². The van der Waals surface area contributed by atoms with E-state index in [1.807, 2.05) is 48.5 Å². The Kier molecular flexibility index (Phi) is 6.85. The zero-order valence-corrected chi connectivity index (χ0v) is 16.7. The minimum atomic E-state index is -1.02. The van der Waals surface area contributed by atoms with Crippen molar-refractivity contribution in [1.82, 2.24) is 0 Å². The molecule has 0 spiro atoms. The zero-order chi connectivity index (χ0) is 22.2. The van der Waals surface area contributed by atoms with Crippen LogP contribution in [0.5, 0.6) is 11.5 Å². The lowest BCUT2D eigenvalue weighted by Gasteiger charge is -2.03. The number of hydrogen-bond donors (Lipinski definition) is 2. The number of phenols is 1. The highest BCUT2D eigenvalue weighted by Crippen LogP contribution is 2.26. The van der Waals surface area contributed by atoms with Crippen LogP contribution in [0, 0.1) is 0 Å². The molecule has 0 aliphatic rings. The molecule has 1 heterocycles. The molecule has 0 fully saturated rings. The van der Waals surface area contributed by atoms with Crippen LogP contribution in [0.1, 0.15) is 5.56 Å². The molecule has 0 unspecified atom stereocenters. The molecule has 156 valence electrons. The Morgan fingerprint density at radius 3 is 2.39 bits per heavy atom. The molecule has 0 amide bonds. The van der Waals surface area contributed by atoms with Gasteiger partial charge in [0.15, 0.2) is 16.9 Å². The molecule has 0 saturated heterocycles. The van der Waals surface area contributed by atoms with E-state index in [0.29, 0.717) is 28.0 Å².